The Kier molecular flexibility index (Phi) is 4.14. The van der Waals surface area contributed by atoms with Gasteiger partial charge >= 0.3 is 0 Å². The van der Waals surface area contributed by atoms with Crippen LogP contribution in [0, 0.1) is 0 Å². The molecule has 1 unspecified atom stereocenters. The fourth-order valence-corrected chi connectivity index (χ4v) is 4.12. The number of carbonyl (C=O) groups is 1. The molecule has 2 aromatic rings. The summed E-state index contributed by atoms with van der Waals surface area (Å²) in [6, 6.07) is 9.68. The van der Waals surface area contributed by atoms with E-state index in [1.807, 2.05) is 30.3 Å². The van der Waals surface area contributed by atoms with Gasteiger partial charge in [-0.2, -0.15) is 0 Å². The Labute approximate surface area is 137 Å². The number of fused-ring (bicyclic) bond motifs is 1. The van der Waals surface area contributed by atoms with Crippen LogP contribution in [0.2, 0.25) is 0 Å². The average Bonchev–Trinajstić information content (AvgIpc) is 2.79. The Morgan fingerprint density at radius 1 is 1.35 bits per heavy atom. The molecule has 1 aromatic heterocycles. The third-order valence-corrected chi connectivity index (χ3v) is 6.39. The lowest BCUT2D eigenvalue weighted by Gasteiger charge is -2.26. The second-order valence-electron chi connectivity index (χ2n) is 4.43. The van der Waals surface area contributed by atoms with E-state index in [4.69, 9.17) is 4.74 Å². The molecule has 0 spiro atoms. The van der Waals surface area contributed by atoms with Crippen LogP contribution in [0.3, 0.4) is 0 Å². The molecular weight excluding hydrogens is 406 g/mol. The number of ether oxygens (including phenoxy) is 1. The summed E-state index contributed by atoms with van der Waals surface area (Å²) in [5.74, 6) is 0.806. The van der Waals surface area contributed by atoms with E-state index in [0.29, 0.717) is 11.5 Å². The molecule has 20 heavy (non-hydrogen) atoms. The van der Waals surface area contributed by atoms with Crippen LogP contribution in [-0.4, -0.2) is 12.5 Å². The van der Waals surface area contributed by atoms with Crippen molar-refractivity contribution >= 4 is 49.1 Å². The topological polar surface area (TPSA) is 38.3 Å². The molecule has 6 heteroatoms. The van der Waals surface area contributed by atoms with Crippen LogP contribution >= 0.6 is 43.2 Å². The normalized spacial score (nSPS) is 17.2. The summed E-state index contributed by atoms with van der Waals surface area (Å²) in [5, 5.41) is 3.08. The van der Waals surface area contributed by atoms with Gasteiger partial charge in [0.05, 0.1) is 21.3 Å². The van der Waals surface area contributed by atoms with Gasteiger partial charge in [0.25, 0.3) is 5.91 Å². The van der Waals surface area contributed by atoms with E-state index in [1.54, 1.807) is 0 Å². The maximum absolute atomic E-state index is 12.3. The molecule has 0 radical (unpaired) electrons. The van der Waals surface area contributed by atoms with Crippen LogP contribution in [0.25, 0.3) is 0 Å². The number of hydrogen-bond donors (Lipinski definition) is 1. The summed E-state index contributed by atoms with van der Waals surface area (Å²) < 4.78 is 7.43. The highest BCUT2D eigenvalue weighted by Gasteiger charge is 2.23. The minimum absolute atomic E-state index is 0.00658. The molecule has 104 valence electrons. The maximum Gasteiger partial charge on any atom is 0.261 e. The summed E-state index contributed by atoms with van der Waals surface area (Å²) >= 11 is 8.22. The molecule has 0 bridgehead atoms. The monoisotopic (exact) mass is 415 g/mol. The summed E-state index contributed by atoms with van der Waals surface area (Å²) in [4.78, 5) is 13.0. The smallest absolute Gasteiger partial charge is 0.261 e. The van der Waals surface area contributed by atoms with Gasteiger partial charge in [0.2, 0.25) is 0 Å². The predicted octanol–water partition coefficient (Wildman–Crippen LogP) is 4.53. The van der Waals surface area contributed by atoms with Gasteiger partial charge in [-0.3, -0.25) is 4.79 Å². The summed E-state index contributed by atoms with van der Waals surface area (Å²) in [7, 11) is 0. The second-order valence-corrected chi connectivity index (χ2v) is 7.66. The van der Waals surface area contributed by atoms with E-state index < -0.39 is 0 Å². The van der Waals surface area contributed by atoms with Gasteiger partial charge in [0.15, 0.2) is 0 Å². The number of rotatable bonds is 2. The van der Waals surface area contributed by atoms with E-state index in [2.05, 4.69) is 37.2 Å². The number of para-hydroxylation sites is 1. The highest BCUT2D eigenvalue weighted by atomic mass is 79.9. The Bertz CT molecular complexity index is 637. The molecule has 1 aliphatic heterocycles. The lowest BCUT2D eigenvalue weighted by atomic mass is 10.0. The van der Waals surface area contributed by atoms with Crippen molar-refractivity contribution < 1.29 is 9.53 Å². The molecule has 0 saturated carbocycles. The number of hydrogen-bond acceptors (Lipinski definition) is 3. The molecule has 1 aromatic carbocycles. The molecule has 0 fully saturated rings. The summed E-state index contributed by atoms with van der Waals surface area (Å²) in [6.07, 6.45) is 0.788. The highest BCUT2D eigenvalue weighted by Crippen LogP contribution is 2.34. The van der Waals surface area contributed by atoms with Crippen LogP contribution < -0.4 is 10.1 Å². The van der Waals surface area contributed by atoms with Crippen LogP contribution in [-0.2, 0) is 0 Å². The van der Waals surface area contributed by atoms with Crippen molar-refractivity contribution in [2.24, 2.45) is 0 Å². The molecular formula is C14H11Br2NO2S. The zero-order chi connectivity index (χ0) is 14.1. The SMILES string of the molecule is O=C(NC1CCOc2ccccc21)c1cc(Br)c(Br)s1. The molecule has 1 amide bonds. The minimum atomic E-state index is -0.0527. The molecule has 1 N–H and O–H groups in total. The zero-order valence-corrected chi connectivity index (χ0v) is 14.3. The fourth-order valence-electron chi connectivity index (χ4n) is 2.18. The minimum Gasteiger partial charge on any atom is -0.493 e. The number of nitrogens with one attached hydrogen (secondary N) is 1. The standard InChI is InChI=1S/C14H11Br2NO2S/c15-9-7-12(20-13(9)16)14(18)17-10-5-6-19-11-4-2-1-3-8(10)11/h1-4,7,10H,5-6H2,(H,17,18). The lowest BCUT2D eigenvalue weighted by Crippen LogP contribution is -2.31. The van der Waals surface area contributed by atoms with Crippen molar-refractivity contribution in [3.8, 4) is 5.75 Å². The third-order valence-electron chi connectivity index (χ3n) is 3.13. The van der Waals surface area contributed by atoms with E-state index >= 15 is 0 Å². The molecule has 1 aliphatic rings. The fraction of sp³-hybridized carbons (Fsp3) is 0.214. The van der Waals surface area contributed by atoms with Crippen molar-refractivity contribution in [1.29, 1.82) is 0 Å². The van der Waals surface area contributed by atoms with Gasteiger partial charge in [0, 0.05) is 16.5 Å². The van der Waals surface area contributed by atoms with E-state index in [0.717, 1.165) is 26.0 Å². The Morgan fingerprint density at radius 2 is 2.15 bits per heavy atom. The first kappa shape index (κ1) is 14.1. The summed E-state index contributed by atoms with van der Waals surface area (Å²) in [5.41, 5.74) is 1.04. The van der Waals surface area contributed by atoms with Crippen LogP contribution in [0.4, 0.5) is 0 Å². The van der Waals surface area contributed by atoms with Crippen molar-refractivity contribution in [2.75, 3.05) is 6.61 Å². The quantitative estimate of drug-likeness (QED) is 0.781. The van der Waals surface area contributed by atoms with Crippen molar-refractivity contribution in [2.45, 2.75) is 12.5 Å². The van der Waals surface area contributed by atoms with E-state index in [-0.39, 0.29) is 11.9 Å². The highest BCUT2D eigenvalue weighted by molar-refractivity contribution is 9.13. The third kappa shape index (κ3) is 2.77. The zero-order valence-electron chi connectivity index (χ0n) is 10.4. The first-order chi connectivity index (χ1) is 9.65. The molecule has 1 atom stereocenters. The number of carbonyl (C=O) groups excluding carboxylic acids is 1. The van der Waals surface area contributed by atoms with Gasteiger partial charge in [-0.05, 0) is 44.0 Å². The largest absolute Gasteiger partial charge is 0.493 e. The number of amides is 1. The second kappa shape index (κ2) is 5.87. The molecule has 0 aliphatic carbocycles. The number of benzene rings is 1. The number of halogens is 2. The van der Waals surface area contributed by atoms with Crippen molar-refractivity contribution in [1.82, 2.24) is 5.32 Å². The Balaban J connectivity index is 1.80. The Morgan fingerprint density at radius 3 is 2.90 bits per heavy atom. The first-order valence-electron chi connectivity index (χ1n) is 6.12. The van der Waals surface area contributed by atoms with Crippen LogP contribution in [0.15, 0.2) is 38.6 Å². The summed E-state index contributed by atoms with van der Waals surface area (Å²) in [6.45, 7) is 0.625. The van der Waals surface area contributed by atoms with Crippen LogP contribution in [0.5, 0.6) is 5.75 Å². The van der Waals surface area contributed by atoms with Gasteiger partial charge in [-0.1, -0.05) is 18.2 Å². The van der Waals surface area contributed by atoms with Crippen molar-refractivity contribution in [3.63, 3.8) is 0 Å². The molecule has 0 saturated heterocycles. The maximum atomic E-state index is 12.3. The lowest BCUT2D eigenvalue weighted by molar-refractivity contribution is 0.0929. The molecule has 3 nitrogen and oxygen atoms in total. The molecule has 2 heterocycles. The molecule has 3 rings (SSSR count). The van der Waals surface area contributed by atoms with Crippen LogP contribution in [0.1, 0.15) is 27.7 Å². The first-order valence-corrected chi connectivity index (χ1v) is 8.53. The van der Waals surface area contributed by atoms with Gasteiger partial charge < -0.3 is 10.1 Å². The van der Waals surface area contributed by atoms with Gasteiger partial charge in [0.1, 0.15) is 5.75 Å². The average molecular weight is 417 g/mol. The van der Waals surface area contributed by atoms with Gasteiger partial charge in [-0.15, -0.1) is 11.3 Å². The number of thiophene rings is 1. The van der Waals surface area contributed by atoms with Crippen molar-refractivity contribution in [3.05, 3.63) is 49.0 Å². The predicted molar refractivity (Wildman–Crippen MR) is 86.5 cm³/mol. The Hall–Kier alpha value is -0.850. The van der Waals surface area contributed by atoms with E-state index in [9.17, 15) is 4.79 Å². The van der Waals surface area contributed by atoms with Gasteiger partial charge in [-0.25, -0.2) is 0 Å². The van der Waals surface area contributed by atoms with E-state index in [1.165, 1.54) is 11.3 Å².